The van der Waals surface area contributed by atoms with E-state index < -0.39 is 10.0 Å². The molecule has 3 rings (SSSR count). The average molecular weight is 326 g/mol. The van der Waals surface area contributed by atoms with Gasteiger partial charge in [-0.25, -0.2) is 8.42 Å². The molecule has 1 saturated heterocycles. The van der Waals surface area contributed by atoms with E-state index in [0.717, 1.165) is 12.8 Å². The second-order valence-electron chi connectivity index (χ2n) is 5.39. The van der Waals surface area contributed by atoms with Crippen LogP contribution >= 0.6 is 11.3 Å². The number of aryl methyl sites for hydroxylation is 2. The maximum atomic E-state index is 12.7. The summed E-state index contributed by atoms with van der Waals surface area (Å²) in [6, 6.07) is 2.13. The fourth-order valence-electron chi connectivity index (χ4n) is 2.91. The number of hydrogen-bond acceptors (Lipinski definition) is 5. The molecule has 5 nitrogen and oxygen atoms in total. The highest BCUT2D eigenvalue weighted by molar-refractivity contribution is 7.89. The Labute approximate surface area is 128 Å². The van der Waals surface area contributed by atoms with Crippen LogP contribution in [0.25, 0.3) is 0 Å². The van der Waals surface area contributed by atoms with Crippen LogP contribution in [0.3, 0.4) is 0 Å². The highest BCUT2D eigenvalue weighted by atomic mass is 32.2. The summed E-state index contributed by atoms with van der Waals surface area (Å²) < 4.78 is 32.0. The zero-order valence-corrected chi connectivity index (χ0v) is 13.7. The van der Waals surface area contributed by atoms with Crippen LogP contribution in [0, 0.1) is 13.8 Å². The molecule has 21 heavy (non-hydrogen) atoms. The van der Waals surface area contributed by atoms with Gasteiger partial charge in [-0.1, -0.05) is 5.16 Å². The van der Waals surface area contributed by atoms with Crippen LogP contribution < -0.4 is 0 Å². The lowest BCUT2D eigenvalue weighted by Gasteiger charge is -2.30. The molecule has 0 amide bonds. The van der Waals surface area contributed by atoms with Gasteiger partial charge in [0.2, 0.25) is 10.0 Å². The Morgan fingerprint density at radius 3 is 2.57 bits per heavy atom. The third-order valence-corrected chi connectivity index (χ3v) is 6.88. The van der Waals surface area contributed by atoms with Crippen molar-refractivity contribution in [3.8, 4) is 0 Å². The summed E-state index contributed by atoms with van der Waals surface area (Å²) in [5, 5.41) is 7.98. The third-order valence-electron chi connectivity index (χ3n) is 4.03. The van der Waals surface area contributed by atoms with E-state index in [-0.39, 0.29) is 4.90 Å². The van der Waals surface area contributed by atoms with E-state index in [1.54, 1.807) is 29.5 Å². The van der Waals surface area contributed by atoms with E-state index in [4.69, 9.17) is 4.52 Å². The number of sulfonamides is 1. The maximum Gasteiger partial charge on any atom is 0.248 e. The van der Waals surface area contributed by atoms with Crippen molar-refractivity contribution in [3.05, 3.63) is 33.8 Å². The number of rotatable bonds is 3. The van der Waals surface area contributed by atoms with E-state index in [2.05, 4.69) is 22.0 Å². The Hall–Kier alpha value is -1.18. The van der Waals surface area contributed by atoms with Gasteiger partial charge in [-0.3, -0.25) is 0 Å². The van der Waals surface area contributed by atoms with Gasteiger partial charge in [0, 0.05) is 13.1 Å². The molecule has 0 spiro atoms. The van der Waals surface area contributed by atoms with Gasteiger partial charge in [0.05, 0.1) is 0 Å². The number of piperidine rings is 1. The number of thiophene rings is 1. The van der Waals surface area contributed by atoms with Gasteiger partial charge in [0.1, 0.15) is 10.6 Å². The Bertz CT molecular complexity index is 692. The molecule has 0 saturated carbocycles. The highest BCUT2D eigenvalue weighted by Gasteiger charge is 2.34. The second kappa shape index (κ2) is 5.55. The van der Waals surface area contributed by atoms with Crippen molar-refractivity contribution in [2.24, 2.45) is 0 Å². The van der Waals surface area contributed by atoms with Crippen LogP contribution in [0.1, 0.15) is 35.8 Å². The molecule has 0 radical (unpaired) electrons. The van der Waals surface area contributed by atoms with Crippen LogP contribution in [0.5, 0.6) is 0 Å². The summed E-state index contributed by atoms with van der Waals surface area (Å²) in [6.45, 7) is 4.41. The molecule has 114 valence electrons. The average Bonchev–Trinajstić information content (AvgIpc) is 3.09. The van der Waals surface area contributed by atoms with Crippen molar-refractivity contribution in [2.75, 3.05) is 13.1 Å². The predicted octanol–water partition coefficient (Wildman–Crippen LogP) is 2.92. The zero-order valence-electron chi connectivity index (χ0n) is 12.1. The molecule has 1 fully saturated rings. The molecule has 2 aromatic rings. The molecule has 0 N–H and O–H groups in total. The van der Waals surface area contributed by atoms with Crippen LogP contribution in [-0.2, 0) is 10.0 Å². The van der Waals surface area contributed by atoms with E-state index in [0.29, 0.717) is 30.5 Å². The molecule has 0 bridgehead atoms. The van der Waals surface area contributed by atoms with Crippen LogP contribution in [0.2, 0.25) is 0 Å². The predicted molar refractivity (Wildman–Crippen MR) is 81.0 cm³/mol. The van der Waals surface area contributed by atoms with E-state index in [1.165, 1.54) is 5.56 Å². The minimum Gasteiger partial charge on any atom is -0.360 e. The first-order chi connectivity index (χ1) is 10.00. The molecule has 2 aromatic heterocycles. The quantitative estimate of drug-likeness (QED) is 0.870. The van der Waals surface area contributed by atoms with Gasteiger partial charge in [-0.15, -0.1) is 0 Å². The summed E-state index contributed by atoms with van der Waals surface area (Å²) in [7, 11) is -3.49. The topological polar surface area (TPSA) is 63.4 Å². The smallest absolute Gasteiger partial charge is 0.248 e. The Balaban J connectivity index is 1.77. The van der Waals surface area contributed by atoms with Crippen LogP contribution in [-0.4, -0.2) is 31.0 Å². The summed E-state index contributed by atoms with van der Waals surface area (Å²) in [5.41, 5.74) is 1.77. The summed E-state index contributed by atoms with van der Waals surface area (Å²) in [4.78, 5) is 0.233. The van der Waals surface area contributed by atoms with Gasteiger partial charge in [0.15, 0.2) is 5.76 Å². The van der Waals surface area contributed by atoms with Gasteiger partial charge in [-0.05, 0) is 55.0 Å². The standard InChI is InChI=1S/C14H18N2O3S2/c1-10-14(11(2)19-15-10)21(17,18)16-6-3-12(4-7-16)13-5-8-20-9-13/h5,8-9,12H,3-4,6-7H2,1-2H3. The molecular weight excluding hydrogens is 308 g/mol. The Kier molecular flexibility index (Phi) is 3.90. The summed E-state index contributed by atoms with van der Waals surface area (Å²) in [5.74, 6) is 0.833. The minimum atomic E-state index is -3.49. The van der Waals surface area contributed by atoms with Crippen molar-refractivity contribution >= 4 is 21.4 Å². The zero-order chi connectivity index (χ0) is 15.0. The first kappa shape index (κ1) is 14.7. The van der Waals surface area contributed by atoms with Gasteiger partial charge in [-0.2, -0.15) is 15.6 Å². The fourth-order valence-corrected chi connectivity index (χ4v) is 5.41. The van der Waals surface area contributed by atoms with E-state index in [9.17, 15) is 8.42 Å². The van der Waals surface area contributed by atoms with Gasteiger partial charge < -0.3 is 4.52 Å². The molecule has 7 heteroatoms. The largest absolute Gasteiger partial charge is 0.360 e. The number of nitrogens with zero attached hydrogens (tertiary/aromatic N) is 2. The first-order valence-corrected chi connectivity index (χ1v) is 9.33. The van der Waals surface area contributed by atoms with Crippen molar-refractivity contribution in [2.45, 2.75) is 37.5 Å². The Morgan fingerprint density at radius 1 is 1.33 bits per heavy atom. The van der Waals surface area contributed by atoms with Crippen LogP contribution in [0.15, 0.2) is 26.2 Å². The normalized spacial score (nSPS) is 18.2. The summed E-state index contributed by atoms with van der Waals surface area (Å²) in [6.07, 6.45) is 1.72. The molecule has 0 aliphatic carbocycles. The van der Waals surface area contributed by atoms with Crippen molar-refractivity contribution in [1.29, 1.82) is 0 Å². The molecule has 0 aromatic carbocycles. The fraction of sp³-hybridized carbons (Fsp3) is 0.500. The molecule has 3 heterocycles. The molecular formula is C14H18N2O3S2. The van der Waals surface area contributed by atoms with Crippen molar-refractivity contribution in [1.82, 2.24) is 9.46 Å². The van der Waals surface area contributed by atoms with Gasteiger partial charge in [0.25, 0.3) is 0 Å². The van der Waals surface area contributed by atoms with Crippen LogP contribution in [0.4, 0.5) is 0 Å². The second-order valence-corrected chi connectivity index (χ2v) is 8.04. The monoisotopic (exact) mass is 326 g/mol. The lowest BCUT2D eigenvalue weighted by molar-refractivity contribution is 0.319. The van der Waals surface area contributed by atoms with Crippen molar-refractivity contribution in [3.63, 3.8) is 0 Å². The SMILES string of the molecule is Cc1noc(C)c1S(=O)(=O)N1CCC(c2ccsc2)CC1. The molecule has 0 atom stereocenters. The lowest BCUT2D eigenvalue weighted by Crippen LogP contribution is -2.38. The number of hydrogen-bond donors (Lipinski definition) is 0. The minimum absolute atomic E-state index is 0.233. The highest BCUT2D eigenvalue weighted by Crippen LogP contribution is 2.32. The van der Waals surface area contributed by atoms with Gasteiger partial charge >= 0.3 is 0 Å². The summed E-state index contributed by atoms with van der Waals surface area (Å²) >= 11 is 1.69. The molecule has 1 aliphatic heterocycles. The van der Waals surface area contributed by atoms with E-state index >= 15 is 0 Å². The molecule has 1 aliphatic rings. The lowest BCUT2D eigenvalue weighted by atomic mass is 9.92. The molecule has 0 unspecified atom stereocenters. The van der Waals surface area contributed by atoms with E-state index in [1.807, 2.05) is 0 Å². The van der Waals surface area contributed by atoms with Crippen molar-refractivity contribution < 1.29 is 12.9 Å². The maximum absolute atomic E-state index is 12.7. The first-order valence-electron chi connectivity index (χ1n) is 6.95. The number of aromatic nitrogens is 1. The third kappa shape index (κ3) is 2.65. The Morgan fingerprint density at radius 2 is 2.05 bits per heavy atom.